The Hall–Kier alpha value is -1.72. The molecule has 1 amide bonds. The lowest BCUT2D eigenvalue weighted by Gasteiger charge is -2.18. The van der Waals surface area contributed by atoms with Crippen molar-refractivity contribution in [1.82, 2.24) is 5.32 Å². The molecule has 1 aromatic heterocycles. The van der Waals surface area contributed by atoms with Crippen LogP contribution in [0.5, 0.6) is 0 Å². The van der Waals surface area contributed by atoms with Gasteiger partial charge in [-0.05, 0) is 49.1 Å². The zero-order valence-corrected chi connectivity index (χ0v) is 13.7. The Kier molecular flexibility index (Phi) is 5.32. The van der Waals surface area contributed by atoms with E-state index in [1.165, 1.54) is 23.5 Å². The molecule has 118 valence electrons. The molecule has 3 nitrogen and oxygen atoms in total. The lowest BCUT2D eigenvalue weighted by molar-refractivity contribution is 0.0920. The topological polar surface area (TPSA) is 49.3 Å². The normalized spacial score (nSPS) is 13.7. The van der Waals surface area contributed by atoms with Crippen molar-refractivity contribution < 1.29 is 14.3 Å². The summed E-state index contributed by atoms with van der Waals surface area (Å²) in [6.45, 7) is 5.74. The average Bonchev–Trinajstić information content (AvgIpc) is 2.89. The lowest BCUT2D eigenvalue weighted by atomic mass is 10.0. The van der Waals surface area contributed by atoms with Crippen LogP contribution in [0, 0.1) is 18.7 Å². The molecule has 5 heteroatoms. The lowest BCUT2D eigenvalue weighted by Crippen LogP contribution is -2.38. The number of thiophene rings is 1. The molecule has 0 radical (unpaired) electrons. The number of aryl methyl sites for hydroxylation is 1. The van der Waals surface area contributed by atoms with E-state index in [1.54, 1.807) is 12.1 Å². The molecule has 2 atom stereocenters. The molecule has 2 N–H and O–H groups in total. The first-order valence-corrected chi connectivity index (χ1v) is 8.02. The Bertz CT molecular complexity index is 651. The molecular formula is C17H20FNO2S. The van der Waals surface area contributed by atoms with E-state index in [1.807, 2.05) is 26.8 Å². The number of carbonyl (C=O) groups excluding carboxylic acids is 1. The van der Waals surface area contributed by atoms with E-state index in [0.29, 0.717) is 4.88 Å². The van der Waals surface area contributed by atoms with Crippen molar-refractivity contribution in [3.63, 3.8) is 0 Å². The molecule has 0 bridgehead atoms. The molecule has 2 unspecified atom stereocenters. The molecule has 0 saturated heterocycles. The van der Waals surface area contributed by atoms with Crippen molar-refractivity contribution in [2.75, 3.05) is 6.61 Å². The van der Waals surface area contributed by atoms with Crippen LogP contribution in [0.1, 0.15) is 28.4 Å². The van der Waals surface area contributed by atoms with Crippen LogP contribution in [0.15, 0.2) is 30.3 Å². The number of nitrogens with one attached hydrogen (secondary N) is 1. The number of rotatable bonds is 5. The molecule has 1 heterocycles. The van der Waals surface area contributed by atoms with Crippen LogP contribution in [-0.4, -0.2) is 23.7 Å². The third-order valence-electron chi connectivity index (χ3n) is 3.80. The van der Waals surface area contributed by atoms with Crippen molar-refractivity contribution >= 4 is 17.2 Å². The number of halogens is 1. The van der Waals surface area contributed by atoms with Gasteiger partial charge in [-0.3, -0.25) is 4.79 Å². The van der Waals surface area contributed by atoms with Gasteiger partial charge in [0.05, 0.1) is 4.88 Å². The van der Waals surface area contributed by atoms with Gasteiger partial charge in [0.25, 0.3) is 5.91 Å². The van der Waals surface area contributed by atoms with Crippen LogP contribution in [0.25, 0.3) is 11.1 Å². The molecule has 0 aliphatic heterocycles. The Labute approximate surface area is 133 Å². The minimum atomic E-state index is -0.276. The van der Waals surface area contributed by atoms with E-state index in [9.17, 15) is 9.18 Å². The van der Waals surface area contributed by atoms with E-state index in [0.717, 1.165) is 16.0 Å². The van der Waals surface area contributed by atoms with Gasteiger partial charge in [0, 0.05) is 17.5 Å². The standard InChI is InChI=1S/C17H20FNO2S/c1-10(9-20)11(2)19-17(21)16-8-15(12(3)22-16)13-4-6-14(18)7-5-13/h4-8,10-11,20H,9H2,1-3H3,(H,19,21). The maximum atomic E-state index is 13.0. The maximum absolute atomic E-state index is 13.0. The number of carbonyl (C=O) groups is 1. The Morgan fingerprint density at radius 1 is 1.32 bits per heavy atom. The number of aliphatic hydroxyl groups excluding tert-OH is 1. The van der Waals surface area contributed by atoms with Gasteiger partial charge in [0.2, 0.25) is 0 Å². The van der Waals surface area contributed by atoms with Gasteiger partial charge in [-0.15, -0.1) is 11.3 Å². The molecule has 0 saturated carbocycles. The number of benzene rings is 1. The largest absolute Gasteiger partial charge is 0.396 e. The first-order chi connectivity index (χ1) is 10.4. The zero-order valence-electron chi connectivity index (χ0n) is 12.9. The third kappa shape index (κ3) is 3.72. The van der Waals surface area contributed by atoms with E-state index in [-0.39, 0.29) is 30.3 Å². The first kappa shape index (κ1) is 16.6. The second kappa shape index (κ2) is 7.03. The van der Waals surface area contributed by atoms with E-state index in [2.05, 4.69) is 5.32 Å². The molecular weight excluding hydrogens is 301 g/mol. The second-order valence-corrected chi connectivity index (χ2v) is 6.77. The monoisotopic (exact) mass is 321 g/mol. The highest BCUT2D eigenvalue weighted by molar-refractivity contribution is 7.14. The van der Waals surface area contributed by atoms with Crippen molar-refractivity contribution in [2.24, 2.45) is 5.92 Å². The van der Waals surface area contributed by atoms with Crippen LogP contribution >= 0.6 is 11.3 Å². The molecule has 2 rings (SSSR count). The minimum Gasteiger partial charge on any atom is -0.396 e. The van der Waals surface area contributed by atoms with Crippen LogP contribution in [-0.2, 0) is 0 Å². The van der Waals surface area contributed by atoms with E-state index >= 15 is 0 Å². The second-order valence-electron chi connectivity index (χ2n) is 5.51. The van der Waals surface area contributed by atoms with Gasteiger partial charge >= 0.3 is 0 Å². The minimum absolute atomic E-state index is 0.00146. The maximum Gasteiger partial charge on any atom is 0.261 e. The summed E-state index contributed by atoms with van der Waals surface area (Å²) in [5, 5.41) is 12.0. The fourth-order valence-corrected chi connectivity index (χ4v) is 3.03. The predicted molar refractivity (Wildman–Crippen MR) is 87.6 cm³/mol. The van der Waals surface area contributed by atoms with E-state index < -0.39 is 0 Å². The summed E-state index contributed by atoms with van der Waals surface area (Å²) in [4.78, 5) is 13.9. The van der Waals surface area contributed by atoms with E-state index in [4.69, 9.17) is 5.11 Å². The summed E-state index contributed by atoms with van der Waals surface area (Å²) in [6.07, 6.45) is 0. The van der Waals surface area contributed by atoms with Crippen LogP contribution in [0.4, 0.5) is 4.39 Å². The Morgan fingerprint density at radius 2 is 1.95 bits per heavy atom. The summed E-state index contributed by atoms with van der Waals surface area (Å²) in [6, 6.07) is 7.98. The molecule has 0 spiro atoms. The highest BCUT2D eigenvalue weighted by atomic mass is 32.1. The van der Waals surface area contributed by atoms with Crippen molar-refractivity contribution in [3.8, 4) is 11.1 Å². The highest BCUT2D eigenvalue weighted by Crippen LogP contribution is 2.31. The van der Waals surface area contributed by atoms with Crippen LogP contribution in [0.3, 0.4) is 0 Å². The fraction of sp³-hybridized carbons (Fsp3) is 0.353. The van der Waals surface area contributed by atoms with Gasteiger partial charge < -0.3 is 10.4 Å². The van der Waals surface area contributed by atoms with Crippen molar-refractivity contribution in [2.45, 2.75) is 26.8 Å². The SMILES string of the molecule is Cc1sc(C(=O)NC(C)C(C)CO)cc1-c1ccc(F)cc1. The zero-order chi connectivity index (χ0) is 16.3. The van der Waals surface area contributed by atoms with Gasteiger partial charge in [-0.1, -0.05) is 19.1 Å². The molecule has 1 aromatic carbocycles. The van der Waals surface area contributed by atoms with Gasteiger partial charge in [0.1, 0.15) is 5.82 Å². The number of hydrogen-bond acceptors (Lipinski definition) is 3. The van der Waals surface area contributed by atoms with Crippen molar-refractivity contribution in [1.29, 1.82) is 0 Å². The highest BCUT2D eigenvalue weighted by Gasteiger charge is 2.18. The van der Waals surface area contributed by atoms with Gasteiger partial charge in [0.15, 0.2) is 0 Å². The summed E-state index contributed by atoms with van der Waals surface area (Å²) >= 11 is 1.41. The summed E-state index contributed by atoms with van der Waals surface area (Å²) < 4.78 is 13.0. The van der Waals surface area contributed by atoms with Crippen LogP contribution < -0.4 is 5.32 Å². The van der Waals surface area contributed by atoms with Gasteiger partial charge in [-0.2, -0.15) is 0 Å². The summed E-state index contributed by atoms with van der Waals surface area (Å²) in [5.74, 6) is -0.419. The summed E-state index contributed by atoms with van der Waals surface area (Å²) in [7, 11) is 0. The van der Waals surface area contributed by atoms with Crippen LogP contribution in [0.2, 0.25) is 0 Å². The Morgan fingerprint density at radius 3 is 2.55 bits per heavy atom. The Balaban J connectivity index is 2.19. The third-order valence-corrected chi connectivity index (χ3v) is 4.85. The fourth-order valence-electron chi connectivity index (χ4n) is 2.09. The molecule has 0 fully saturated rings. The predicted octanol–water partition coefficient (Wildman–Crippen LogP) is 3.61. The average molecular weight is 321 g/mol. The molecule has 0 aliphatic rings. The number of aliphatic hydroxyl groups is 1. The van der Waals surface area contributed by atoms with Crippen molar-refractivity contribution in [3.05, 3.63) is 45.9 Å². The molecule has 22 heavy (non-hydrogen) atoms. The van der Waals surface area contributed by atoms with Gasteiger partial charge in [-0.25, -0.2) is 4.39 Å². The first-order valence-electron chi connectivity index (χ1n) is 7.20. The quantitative estimate of drug-likeness (QED) is 0.884. The summed E-state index contributed by atoms with van der Waals surface area (Å²) in [5.41, 5.74) is 1.84. The molecule has 0 aliphatic carbocycles. The molecule has 2 aromatic rings. The number of amides is 1. The smallest absolute Gasteiger partial charge is 0.261 e. The number of hydrogen-bond donors (Lipinski definition) is 2.